The molecule has 1 saturated heterocycles. The van der Waals surface area contributed by atoms with E-state index in [4.69, 9.17) is 5.73 Å². The van der Waals surface area contributed by atoms with Crippen LogP contribution in [-0.2, 0) is 6.54 Å². The molecule has 0 spiro atoms. The van der Waals surface area contributed by atoms with Gasteiger partial charge in [-0.3, -0.25) is 9.69 Å². The molecule has 1 unspecified atom stereocenters. The van der Waals surface area contributed by atoms with Gasteiger partial charge in [-0.05, 0) is 38.1 Å². The zero-order valence-corrected chi connectivity index (χ0v) is 10.9. The molecule has 3 N–H and O–H groups in total. The lowest BCUT2D eigenvalue weighted by molar-refractivity contribution is 0.0998. The Morgan fingerprint density at radius 3 is 3.00 bits per heavy atom. The van der Waals surface area contributed by atoms with Crippen LogP contribution in [0.25, 0.3) is 0 Å². The third kappa shape index (κ3) is 2.89. The number of nitrogens with zero attached hydrogens (tertiary/aromatic N) is 1. The molecule has 1 aromatic rings. The van der Waals surface area contributed by atoms with Crippen LogP contribution in [0.3, 0.4) is 0 Å². The summed E-state index contributed by atoms with van der Waals surface area (Å²) in [5.74, 6) is -0.338. The normalized spacial score (nSPS) is 20.2. The predicted octanol–water partition coefficient (Wildman–Crippen LogP) is 0.969. The molecule has 1 aromatic carbocycles. The molecule has 0 aliphatic carbocycles. The third-order valence-corrected chi connectivity index (χ3v) is 3.60. The van der Waals surface area contributed by atoms with Gasteiger partial charge in [0.05, 0.1) is 0 Å². The Bertz CT molecular complexity index is 419. The molecule has 1 aliphatic rings. The molecule has 1 atom stereocenters. The van der Waals surface area contributed by atoms with Gasteiger partial charge in [0.1, 0.15) is 0 Å². The number of carbonyl (C=O) groups is 1. The Kier molecular flexibility index (Phi) is 4.33. The molecular weight excluding hydrogens is 226 g/mol. The highest BCUT2D eigenvalue weighted by Crippen LogP contribution is 2.21. The summed E-state index contributed by atoms with van der Waals surface area (Å²) < 4.78 is 0. The number of carbonyl (C=O) groups excluding carboxylic acids is 1. The number of likely N-dealkylation sites (tertiary alicyclic amines) is 1. The average Bonchev–Trinajstić information content (AvgIpc) is 2.78. The number of benzene rings is 1. The van der Waals surface area contributed by atoms with Crippen LogP contribution in [0.2, 0.25) is 0 Å². The molecule has 4 heteroatoms. The van der Waals surface area contributed by atoms with Crippen molar-refractivity contribution >= 4 is 5.91 Å². The molecule has 0 radical (unpaired) electrons. The maximum absolute atomic E-state index is 11.4. The highest BCUT2D eigenvalue weighted by Gasteiger charge is 2.24. The monoisotopic (exact) mass is 247 g/mol. The Hall–Kier alpha value is -1.39. The van der Waals surface area contributed by atoms with Crippen LogP contribution in [0.15, 0.2) is 24.3 Å². The minimum Gasteiger partial charge on any atom is -0.366 e. The van der Waals surface area contributed by atoms with E-state index < -0.39 is 0 Å². The molecule has 18 heavy (non-hydrogen) atoms. The summed E-state index contributed by atoms with van der Waals surface area (Å²) in [5, 5.41) is 3.23. The zero-order valence-electron chi connectivity index (χ0n) is 10.9. The highest BCUT2D eigenvalue weighted by molar-refractivity contribution is 5.94. The van der Waals surface area contributed by atoms with Crippen molar-refractivity contribution in [3.8, 4) is 0 Å². The van der Waals surface area contributed by atoms with Gasteiger partial charge in [0.15, 0.2) is 0 Å². The van der Waals surface area contributed by atoms with Crippen molar-refractivity contribution in [1.29, 1.82) is 0 Å². The number of rotatable bonds is 5. The van der Waals surface area contributed by atoms with Crippen molar-refractivity contribution < 1.29 is 4.79 Å². The van der Waals surface area contributed by atoms with E-state index in [0.29, 0.717) is 11.6 Å². The molecule has 4 nitrogen and oxygen atoms in total. The van der Waals surface area contributed by atoms with Crippen LogP contribution in [0, 0.1) is 0 Å². The summed E-state index contributed by atoms with van der Waals surface area (Å²) >= 11 is 0. The van der Waals surface area contributed by atoms with Crippen molar-refractivity contribution in [3.63, 3.8) is 0 Å². The first-order valence-electron chi connectivity index (χ1n) is 6.48. The van der Waals surface area contributed by atoms with Crippen LogP contribution in [0.5, 0.6) is 0 Å². The smallest absolute Gasteiger partial charge is 0.249 e. The molecule has 2 rings (SSSR count). The van der Waals surface area contributed by atoms with Gasteiger partial charge < -0.3 is 11.1 Å². The first-order chi connectivity index (χ1) is 8.72. The Morgan fingerprint density at radius 1 is 1.50 bits per heavy atom. The molecule has 0 bridgehead atoms. The van der Waals surface area contributed by atoms with Crippen molar-refractivity contribution in [3.05, 3.63) is 35.4 Å². The van der Waals surface area contributed by atoms with E-state index in [1.54, 1.807) is 6.07 Å². The Balaban J connectivity index is 2.11. The van der Waals surface area contributed by atoms with Crippen molar-refractivity contribution in [2.75, 3.05) is 20.1 Å². The second kappa shape index (κ2) is 5.98. The second-order valence-electron chi connectivity index (χ2n) is 4.85. The first kappa shape index (κ1) is 13.1. The van der Waals surface area contributed by atoms with E-state index in [-0.39, 0.29) is 5.91 Å². The number of hydrogen-bond donors (Lipinski definition) is 2. The van der Waals surface area contributed by atoms with Gasteiger partial charge in [0.25, 0.3) is 0 Å². The quantitative estimate of drug-likeness (QED) is 0.815. The molecular formula is C14H21N3O. The second-order valence-corrected chi connectivity index (χ2v) is 4.85. The van der Waals surface area contributed by atoms with Gasteiger partial charge in [-0.2, -0.15) is 0 Å². The van der Waals surface area contributed by atoms with Crippen molar-refractivity contribution in [1.82, 2.24) is 10.2 Å². The van der Waals surface area contributed by atoms with Crippen molar-refractivity contribution in [2.24, 2.45) is 5.73 Å². The summed E-state index contributed by atoms with van der Waals surface area (Å²) in [6.45, 7) is 2.91. The summed E-state index contributed by atoms with van der Waals surface area (Å²) in [4.78, 5) is 13.8. The van der Waals surface area contributed by atoms with E-state index in [0.717, 1.165) is 25.2 Å². The topological polar surface area (TPSA) is 58.4 Å². The van der Waals surface area contributed by atoms with Crippen molar-refractivity contribution in [2.45, 2.75) is 25.4 Å². The van der Waals surface area contributed by atoms with Gasteiger partial charge in [-0.25, -0.2) is 0 Å². The molecule has 98 valence electrons. The zero-order chi connectivity index (χ0) is 13.0. The van der Waals surface area contributed by atoms with Crippen LogP contribution in [0.1, 0.15) is 28.8 Å². The molecule has 1 aliphatic heterocycles. The molecule has 1 heterocycles. The summed E-state index contributed by atoms with van der Waals surface area (Å²) in [5.41, 5.74) is 7.09. The van der Waals surface area contributed by atoms with E-state index >= 15 is 0 Å². The fourth-order valence-corrected chi connectivity index (χ4v) is 2.69. The fraction of sp³-hybridized carbons (Fsp3) is 0.500. The number of hydrogen-bond acceptors (Lipinski definition) is 3. The lowest BCUT2D eigenvalue weighted by Gasteiger charge is -2.25. The molecule has 0 saturated carbocycles. The van der Waals surface area contributed by atoms with Crippen LogP contribution < -0.4 is 11.1 Å². The minimum absolute atomic E-state index is 0.338. The van der Waals surface area contributed by atoms with E-state index in [1.807, 2.05) is 25.2 Å². The summed E-state index contributed by atoms with van der Waals surface area (Å²) in [6.07, 6.45) is 2.45. The van der Waals surface area contributed by atoms with Gasteiger partial charge >= 0.3 is 0 Å². The largest absolute Gasteiger partial charge is 0.366 e. The molecule has 0 aromatic heterocycles. The number of nitrogens with two attached hydrogens (primary N) is 1. The lowest BCUT2D eigenvalue weighted by atomic mass is 10.1. The summed E-state index contributed by atoms with van der Waals surface area (Å²) in [6, 6.07) is 8.19. The summed E-state index contributed by atoms with van der Waals surface area (Å²) in [7, 11) is 1.98. The average molecular weight is 247 g/mol. The highest BCUT2D eigenvalue weighted by atomic mass is 16.1. The minimum atomic E-state index is -0.338. The SMILES string of the molecule is CNCC1CCCN1Cc1ccccc1C(N)=O. The number of amides is 1. The Labute approximate surface area is 108 Å². The molecule has 1 amide bonds. The lowest BCUT2D eigenvalue weighted by Crippen LogP contribution is -2.36. The Morgan fingerprint density at radius 2 is 2.28 bits per heavy atom. The van der Waals surface area contributed by atoms with Gasteiger partial charge in [-0.1, -0.05) is 18.2 Å². The predicted molar refractivity (Wildman–Crippen MR) is 72.3 cm³/mol. The van der Waals surface area contributed by atoms with Crippen LogP contribution >= 0.6 is 0 Å². The van der Waals surface area contributed by atoms with E-state index in [9.17, 15) is 4.79 Å². The number of primary amides is 1. The van der Waals surface area contributed by atoms with E-state index in [2.05, 4.69) is 10.2 Å². The standard InChI is InChI=1S/C14H21N3O/c1-16-9-12-6-4-8-17(12)10-11-5-2-3-7-13(11)14(15)18/h2-3,5,7,12,16H,4,6,8-10H2,1H3,(H2,15,18). The third-order valence-electron chi connectivity index (χ3n) is 3.60. The van der Waals surface area contributed by atoms with Crippen LogP contribution in [0.4, 0.5) is 0 Å². The first-order valence-corrected chi connectivity index (χ1v) is 6.48. The van der Waals surface area contributed by atoms with E-state index in [1.165, 1.54) is 12.8 Å². The van der Waals surface area contributed by atoms with Gasteiger partial charge in [0, 0.05) is 24.7 Å². The maximum Gasteiger partial charge on any atom is 0.249 e. The molecule has 1 fully saturated rings. The fourth-order valence-electron chi connectivity index (χ4n) is 2.69. The van der Waals surface area contributed by atoms with Gasteiger partial charge in [0.2, 0.25) is 5.91 Å². The maximum atomic E-state index is 11.4. The van der Waals surface area contributed by atoms with Crippen LogP contribution in [-0.4, -0.2) is 37.0 Å². The number of likely N-dealkylation sites (N-methyl/N-ethyl adjacent to an activating group) is 1. The number of nitrogens with one attached hydrogen (secondary N) is 1. The van der Waals surface area contributed by atoms with Gasteiger partial charge in [-0.15, -0.1) is 0 Å².